The minimum Gasteiger partial charge on any atom is -0.368 e. The van der Waals surface area contributed by atoms with Gasteiger partial charge in [-0.3, -0.25) is 0 Å². The summed E-state index contributed by atoms with van der Waals surface area (Å²) in [4.78, 5) is 4.48. The summed E-state index contributed by atoms with van der Waals surface area (Å²) >= 11 is 0. The number of hydrogen-bond acceptors (Lipinski definition) is 4. The van der Waals surface area contributed by atoms with E-state index in [0.29, 0.717) is 12.0 Å². The van der Waals surface area contributed by atoms with Crippen LogP contribution in [0.1, 0.15) is 13.8 Å². The fourth-order valence-corrected chi connectivity index (χ4v) is 2.01. The maximum Gasteiger partial charge on any atom is 0.247 e. The van der Waals surface area contributed by atoms with Gasteiger partial charge in [0, 0.05) is 11.7 Å². The Balaban J connectivity index is 1.94. The summed E-state index contributed by atoms with van der Waals surface area (Å²) < 4.78 is 1.81. The predicted octanol–water partition coefficient (Wildman–Crippen LogP) is 3.29. The van der Waals surface area contributed by atoms with Crippen molar-refractivity contribution in [3.63, 3.8) is 0 Å². The highest BCUT2D eigenvalue weighted by molar-refractivity contribution is 5.57. The van der Waals surface area contributed by atoms with Gasteiger partial charge in [-0.25, -0.2) is 0 Å². The van der Waals surface area contributed by atoms with Gasteiger partial charge in [0.15, 0.2) is 5.65 Å². The van der Waals surface area contributed by atoms with E-state index in [0.717, 1.165) is 17.2 Å². The van der Waals surface area contributed by atoms with Crippen LogP contribution in [0.4, 0.5) is 17.5 Å². The van der Waals surface area contributed by atoms with Gasteiger partial charge in [-0.1, -0.05) is 24.3 Å². The molecule has 102 valence electrons. The molecule has 0 fully saturated rings. The van der Waals surface area contributed by atoms with Crippen LogP contribution in [0, 0.1) is 0 Å². The molecule has 0 aliphatic rings. The molecule has 0 saturated carbocycles. The third kappa shape index (κ3) is 2.56. The Morgan fingerprint density at radius 1 is 1.00 bits per heavy atom. The van der Waals surface area contributed by atoms with Crippen molar-refractivity contribution in [3.05, 3.63) is 48.5 Å². The Labute approximate surface area is 117 Å². The van der Waals surface area contributed by atoms with Crippen LogP contribution in [0.5, 0.6) is 0 Å². The quantitative estimate of drug-likeness (QED) is 0.761. The van der Waals surface area contributed by atoms with Crippen molar-refractivity contribution >= 4 is 23.1 Å². The van der Waals surface area contributed by atoms with Crippen LogP contribution >= 0.6 is 0 Å². The van der Waals surface area contributed by atoms with Crippen LogP contribution in [0.2, 0.25) is 0 Å². The number of benzene rings is 1. The summed E-state index contributed by atoms with van der Waals surface area (Å²) in [5, 5.41) is 11.1. The van der Waals surface area contributed by atoms with Crippen LogP contribution in [0.3, 0.4) is 0 Å². The normalized spacial score (nSPS) is 10.9. The second-order valence-electron chi connectivity index (χ2n) is 4.91. The molecule has 0 amide bonds. The molecule has 2 aromatic heterocycles. The smallest absolute Gasteiger partial charge is 0.247 e. The fraction of sp³-hybridized carbons (Fsp3) is 0.200. The average molecular weight is 267 g/mol. The zero-order chi connectivity index (χ0) is 13.9. The Morgan fingerprint density at radius 2 is 1.80 bits per heavy atom. The van der Waals surface area contributed by atoms with Crippen molar-refractivity contribution in [2.24, 2.45) is 0 Å². The van der Waals surface area contributed by atoms with Crippen LogP contribution in [-0.2, 0) is 0 Å². The fourth-order valence-electron chi connectivity index (χ4n) is 2.01. The summed E-state index contributed by atoms with van der Waals surface area (Å²) in [6.45, 7) is 4.19. The van der Waals surface area contributed by atoms with Crippen molar-refractivity contribution in [3.8, 4) is 0 Å². The second kappa shape index (κ2) is 5.21. The molecular weight excluding hydrogens is 250 g/mol. The van der Waals surface area contributed by atoms with Crippen LogP contribution in [0.15, 0.2) is 48.5 Å². The third-order valence-electron chi connectivity index (χ3n) is 2.83. The zero-order valence-electron chi connectivity index (χ0n) is 11.5. The molecule has 3 rings (SSSR count). The first-order chi connectivity index (χ1) is 9.72. The van der Waals surface area contributed by atoms with E-state index in [1.54, 1.807) is 0 Å². The summed E-state index contributed by atoms with van der Waals surface area (Å²) in [6.07, 6.45) is 0. The summed E-state index contributed by atoms with van der Waals surface area (Å²) in [6, 6.07) is 16.2. The van der Waals surface area contributed by atoms with Crippen molar-refractivity contribution in [2.45, 2.75) is 19.9 Å². The minimum atomic E-state index is 0.343. The molecule has 0 bridgehead atoms. The molecule has 2 heterocycles. The Hall–Kier alpha value is -2.56. The monoisotopic (exact) mass is 267 g/mol. The number of fused-ring (bicyclic) bond motifs is 1. The van der Waals surface area contributed by atoms with Crippen molar-refractivity contribution in [1.29, 1.82) is 0 Å². The van der Waals surface area contributed by atoms with Crippen LogP contribution in [0.25, 0.3) is 5.65 Å². The van der Waals surface area contributed by atoms with Gasteiger partial charge in [-0.2, -0.15) is 9.50 Å². The second-order valence-corrected chi connectivity index (χ2v) is 4.91. The SMILES string of the molecule is CC(C)Nc1cccc2nc(Nc3ccccc3)nn12. The lowest BCUT2D eigenvalue weighted by atomic mass is 10.3. The van der Waals surface area contributed by atoms with Gasteiger partial charge in [-0.05, 0) is 38.1 Å². The van der Waals surface area contributed by atoms with E-state index < -0.39 is 0 Å². The molecule has 0 atom stereocenters. The van der Waals surface area contributed by atoms with Gasteiger partial charge >= 0.3 is 0 Å². The van der Waals surface area contributed by atoms with Gasteiger partial charge < -0.3 is 10.6 Å². The third-order valence-corrected chi connectivity index (χ3v) is 2.83. The Bertz CT molecular complexity index is 703. The first-order valence-electron chi connectivity index (χ1n) is 6.67. The predicted molar refractivity (Wildman–Crippen MR) is 81.5 cm³/mol. The van der Waals surface area contributed by atoms with Gasteiger partial charge in [0.1, 0.15) is 5.82 Å². The van der Waals surface area contributed by atoms with Crippen molar-refractivity contribution < 1.29 is 0 Å². The molecule has 5 nitrogen and oxygen atoms in total. The highest BCUT2D eigenvalue weighted by Gasteiger charge is 2.07. The molecule has 0 aliphatic carbocycles. The van der Waals surface area contributed by atoms with Gasteiger partial charge in [0.2, 0.25) is 5.95 Å². The molecule has 2 N–H and O–H groups in total. The maximum absolute atomic E-state index is 4.49. The number of nitrogens with zero attached hydrogens (tertiary/aromatic N) is 3. The van der Waals surface area contributed by atoms with Crippen LogP contribution < -0.4 is 10.6 Å². The molecule has 0 aliphatic heterocycles. The highest BCUT2D eigenvalue weighted by atomic mass is 15.4. The molecule has 0 saturated heterocycles. The van der Waals surface area contributed by atoms with E-state index in [9.17, 15) is 0 Å². The number of aromatic nitrogens is 3. The molecule has 0 radical (unpaired) electrons. The maximum atomic E-state index is 4.49. The van der Waals surface area contributed by atoms with E-state index in [1.165, 1.54) is 0 Å². The number of hydrogen-bond donors (Lipinski definition) is 2. The Kier molecular flexibility index (Phi) is 3.25. The lowest BCUT2D eigenvalue weighted by Crippen LogP contribution is -2.13. The largest absolute Gasteiger partial charge is 0.368 e. The molecule has 0 unspecified atom stereocenters. The number of pyridine rings is 1. The van der Waals surface area contributed by atoms with Gasteiger partial charge in [0.05, 0.1) is 0 Å². The highest BCUT2D eigenvalue weighted by Crippen LogP contribution is 2.16. The zero-order valence-corrected chi connectivity index (χ0v) is 11.5. The van der Waals surface area contributed by atoms with Crippen molar-refractivity contribution in [1.82, 2.24) is 14.6 Å². The number of para-hydroxylation sites is 1. The number of nitrogens with one attached hydrogen (secondary N) is 2. The van der Waals surface area contributed by atoms with E-state index in [4.69, 9.17) is 0 Å². The molecule has 1 aromatic carbocycles. The van der Waals surface area contributed by atoms with Gasteiger partial charge in [-0.15, -0.1) is 5.10 Å². The molecule has 3 aromatic rings. The first kappa shape index (κ1) is 12.5. The first-order valence-corrected chi connectivity index (χ1v) is 6.67. The lowest BCUT2D eigenvalue weighted by molar-refractivity contribution is 0.858. The molecule has 5 heteroatoms. The topological polar surface area (TPSA) is 54.2 Å². The van der Waals surface area contributed by atoms with Gasteiger partial charge in [0.25, 0.3) is 0 Å². The standard InChI is InChI=1S/C15H17N5/c1-11(2)16-13-9-6-10-14-18-15(19-20(13)14)17-12-7-4-3-5-8-12/h3-11,16H,1-2H3,(H,17,19). The van der Waals surface area contributed by atoms with E-state index >= 15 is 0 Å². The Morgan fingerprint density at radius 3 is 2.55 bits per heavy atom. The van der Waals surface area contributed by atoms with E-state index in [1.807, 2.05) is 53.0 Å². The van der Waals surface area contributed by atoms with Crippen LogP contribution in [-0.4, -0.2) is 20.6 Å². The minimum absolute atomic E-state index is 0.343. The summed E-state index contributed by atoms with van der Waals surface area (Å²) in [7, 11) is 0. The van der Waals surface area contributed by atoms with E-state index in [2.05, 4.69) is 34.6 Å². The van der Waals surface area contributed by atoms with E-state index in [-0.39, 0.29) is 0 Å². The lowest BCUT2D eigenvalue weighted by Gasteiger charge is -2.10. The summed E-state index contributed by atoms with van der Waals surface area (Å²) in [5.41, 5.74) is 1.79. The molecule has 0 spiro atoms. The molecular formula is C15H17N5. The summed E-state index contributed by atoms with van der Waals surface area (Å²) in [5.74, 6) is 1.53. The average Bonchev–Trinajstić information content (AvgIpc) is 2.83. The number of anilines is 3. The number of rotatable bonds is 4. The van der Waals surface area contributed by atoms with Crippen molar-refractivity contribution in [2.75, 3.05) is 10.6 Å². The molecule has 20 heavy (non-hydrogen) atoms.